The van der Waals surface area contributed by atoms with E-state index in [1.165, 1.54) is 5.56 Å². The Bertz CT molecular complexity index is 907. The van der Waals surface area contributed by atoms with Gasteiger partial charge in [0.05, 0.1) is 12.5 Å². The number of hydrogen-bond donors (Lipinski definition) is 1. The fourth-order valence-corrected chi connectivity index (χ4v) is 3.28. The summed E-state index contributed by atoms with van der Waals surface area (Å²) >= 11 is 0. The number of nitrogens with zero attached hydrogens (tertiary/aromatic N) is 5. The molecule has 0 bridgehead atoms. The van der Waals surface area contributed by atoms with Gasteiger partial charge in [0.15, 0.2) is 5.82 Å². The Morgan fingerprint density at radius 3 is 2.40 bits per heavy atom. The van der Waals surface area contributed by atoms with Crippen LogP contribution in [0.2, 0.25) is 0 Å². The van der Waals surface area contributed by atoms with Crippen LogP contribution in [0, 0.1) is 13.8 Å². The summed E-state index contributed by atoms with van der Waals surface area (Å²) in [5, 5.41) is 4.40. The van der Waals surface area contributed by atoms with E-state index in [0.717, 1.165) is 30.1 Å². The first kappa shape index (κ1) is 15.6. The number of benzene rings is 1. The summed E-state index contributed by atoms with van der Waals surface area (Å²) in [7, 11) is 1.67. The molecule has 1 aromatic carbocycles. The molecule has 7 nitrogen and oxygen atoms in total. The lowest BCUT2D eigenvalue weighted by atomic mass is 9.95. The maximum absolute atomic E-state index is 5.93. The first-order chi connectivity index (χ1) is 12.0. The number of nitrogens with two attached hydrogens (primary N) is 1. The van der Waals surface area contributed by atoms with Crippen LogP contribution in [-0.4, -0.2) is 31.8 Å². The molecule has 0 saturated heterocycles. The van der Waals surface area contributed by atoms with Gasteiger partial charge >= 0.3 is 0 Å². The normalized spacial score (nSPS) is 15.2. The fraction of sp³-hybridized carbons (Fsp3) is 0.333. The van der Waals surface area contributed by atoms with Crippen LogP contribution in [-0.2, 0) is 5.41 Å². The van der Waals surface area contributed by atoms with E-state index < -0.39 is 0 Å². The minimum Gasteiger partial charge on any atom is -0.497 e. The number of rotatable bonds is 4. The highest BCUT2D eigenvalue weighted by Gasteiger charge is 2.50. The van der Waals surface area contributed by atoms with E-state index in [2.05, 4.69) is 32.2 Å². The van der Waals surface area contributed by atoms with Gasteiger partial charge in [0.2, 0.25) is 5.95 Å². The zero-order valence-electron chi connectivity index (χ0n) is 14.5. The molecule has 128 valence electrons. The van der Waals surface area contributed by atoms with Crippen LogP contribution in [0.15, 0.2) is 30.3 Å². The van der Waals surface area contributed by atoms with Crippen LogP contribution in [0.25, 0.3) is 5.82 Å². The lowest BCUT2D eigenvalue weighted by molar-refractivity contribution is 0.414. The maximum Gasteiger partial charge on any atom is 0.240 e. The summed E-state index contributed by atoms with van der Waals surface area (Å²) in [4.78, 5) is 13.4. The number of hydrogen-bond acceptors (Lipinski definition) is 6. The molecular weight excluding hydrogens is 316 g/mol. The average Bonchev–Trinajstić information content (AvgIpc) is 3.30. The van der Waals surface area contributed by atoms with Gasteiger partial charge < -0.3 is 10.5 Å². The van der Waals surface area contributed by atoms with E-state index in [4.69, 9.17) is 10.5 Å². The third-order valence-electron chi connectivity index (χ3n) is 4.61. The molecule has 1 aliphatic rings. The molecule has 0 unspecified atom stereocenters. The van der Waals surface area contributed by atoms with Gasteiger partial charge in [-0.25, -0.2) is 9.97 Å². The van der Waals surface area contributed by atoms with Gasteiger partial charge in [0.25, 0.3) is 0 Å². The highest BCUT2D eigenvalue weighted by molar-refractivity contribution is 5.45. The smallest absolute Gasteiger partial charge is 0.240 e. The SMILES string of the molecule is COc1ccc(C2(c3nc(N)nn3-c3cc(C)nc(C)n3)CC2)cc1. The summed E-state index contributed by atoms with van der Waals surface area (Å²) in [6.45, 7) is 3.81. The summed E-state index contributed by atoms with van der Waals surface area (Å²) in [5.41, 5.74) is 7.83. The second kappa shape index (κ2) is 5.54. The van der Waals surface area contributed by atoms with Crippen molar-refractivity contribution in [2.75, 3.05) is 12.8 Å². The Hall–Kier alpha value is -2.96. The molecule has 0 amide bonds. The number of anilines is 1. The standard InChI is InChI=1S/C18H20N6O/c1-11-10-15(21-12(2)20-11)24-16(22-17(19)23-24)18(8-9-18)13-4-6-14(25-3)7-5-13/h4-7,10H,8-9H2,1-3H3,(H2,19,23). The summed E-state index contributed by atoms with van der Waals surface area (Å²) in [6, 6.07) is 10.0. The van der Waals surface area contributed by atoms with E-state index >= 15 is 0 Å². The predicted octanol–water partition coefficient (Wildman–Crippen LogP) is 2.34. The van der Waals surface area contributed by atoms with E-state index in [9.17, 15) is 0 Å². The van der Waals surface area contributed by atoms with Crippen LogP contribution in [0.5, 0.6) is 5.75 Å². The molecule has 0 aliphatic heterocycles. The first-order valence-electron chi connectivity index (χ1n) is 8.22. The molecular formula is C18H20N6O. The van der Waals surface area contributed by atoms with Gasteiger partial charge in [-0.05, 0) is 44.4 Å². The topological polar surface area (TPSA) is 91.7 Å². The number of ether oxygens (including phenoxy) is 1. The van der Waals surface area contributed by atoms with E-state index in [1.54, 1.807) is 11.8 Å². The van der Waals surface area contributed by atoms with Gasteiger partial charge in [-0.3, -0.25) is 0 Å². The molecule has 3 aromatic rings. The van der Waals surface area contributed by atoms with Crippen molar-refractivity contribution in [2.24, 2.45) is 0 Å². The molecule has 0 atom stereocenters. The zero-order valence-corrected chi connectivity index (χ0v) is 14.5. The van der Waals surface area contributed by atoms with Crippen LogP contribution in [0.3, 0.4) is 0 Å². The lowest BCUT2D eigenvalue weighted by Crippen LogP contribution is -2.17. The summed E-state index contributed by atoms with van der Waals surface area (Å²) < 4.78 is 7.02. The average molecular weight is 336 g/mol. The molecule has 2 aromatic heterocycles. The molecule has 2 N–H and O–H groups in total. The molecule has 1 saturated carbocycles. The third kappa shape index (κ3) is 2.61. The largest absolute Gasteiger partial charge is 0.497 e. The molecule has 7 heteroatoms. The van der Waals surface area contributed by atoms with Crippen LogP contribution < -0.4 is 10.5 Å². The second-order valence-electron chi connectivity index (χ2n) is 6.43. The summed E-state index contributed by atoms with van der Waals surface area (Å²) in [5.74, 6) is 3.31. The number of aryl methyl sites for hydroxylation is 2. The van der Waals surface area contributed by atoms with Crippen LogP contribution in [0.1, 0.15) is 35.7 Å². The minimum absolute atomic E-state index is 0.177. The fourth-order valence-electron chi connectivity index (χ4n) is 3.28. The van der Waals surface area contributed by atoms with Crippen molar-refractivity contribution < 1.29 is 4.74 Å². The van der Waals surface area contributed by atoms with E-state index in [0.29, 0.717) is 11.6 Å². The van der Waals surface area contributed by atoms with Gasteiger partial charge in [0, 0.05) is 11.8 Å². The molecule has 1 aliphatic carbocycles. The minimum atomic E-state index is -0.177. The summed E-state index contributed by atoms with van der Waals surface area (Å²) in [6.07, 6.45) is 2.00. The second-order valence-corrected chi connectivity index (χ2v) is 6.43. The van der Waals surface area contributed by atoms with Crippen molar-refractivity contribution in [1.82, 2.24) is 24.7 Å². The Kier molecular flexibility index (Phi) is 3.45. The lowest BCUT2D eigenvalue weighted by Gasteiger charge is -2.16. The highest BCUT2D eigenvalue weighted by Crippen LogP contribution is 2.53. The Labute approximate surface area is 145 Å². The van der Waals surface area contributed by atoms with Crippen molar-refractivity contribution in [3.63, 3.8) is 0 Å². The number of methoxy groups -OCH3 is 1. The van der Waals surface area contributed by atoms with Crippen molar-refractivity contribution in [1.29, 1.82) is 0 Å². The molecule has 25 heavy (non-hydrogen) atoms. The maximum atomic E-state index is 5.93. The van der Waals surface area contributed by atoms with Crippen molar-refractivity contribution in [3.8, 4) is 11.6 Å². The number of aromatic nitrogens is 5. The van der Waals surface area contributed by atoms with Gasteiger partial charge in [0.1, 0.15) is 17.4 Å². The first-order valence-corrected chi connectivity index (χ1v) is 8.22. The quantitative estimate of drug-likeness (QED) is 0.786. The van der Waals surface area contributed by atoms with Crippen LogP contribution in [0.4, 0.5) is 5.95 Å². The Morgan fingerprint density at radius 2 is 1.80 bits per heavy atom. The van der Waals surface area contributed by atoms with Crippen molar-refractivity contribution in [2.45, 2.75) is 32.1 Å². The Balaban J connectivity index is 1.83. The predicted molar refractivity (Wildman–Crippen MR) is 93.8 cm³/mol. The molecule has 0 radical (unpaired) electrons. The third-order valence-corrected chi connectivity index (χ3v) is 4.61. The van der Waals surface area contributed by atoms with Gasteiger partial charge in [-0.2, -0.15) is 9.67 Å². The van der Waals surface area contributed by atoms with Gasteiger partial charge in [-0.1, -0.05) is 12.1 Å². The van der Waals surface area contributed by atoms with Gasteiger partial charge in [-0.15, -0.1) is 5.10 Å². The van der Waals surface area contributed by atoms with Crippen molar-refractivity contribution >= 4 is 5.95 Å². The van der Waals surface area contributed by atoms with Crippen molar-refractivity contribution in [3.05, 3.63) is 53.2 Å². The zero-order chi connectivity index (χ0) is 17.6. The molecule has 1 fully saturated rings. The monoisotopic (exact) mass is 336 g/mol. The number of nitrogen functional groups attached to an aromatic ring is 1. The Morgan fingerprint density at radius 1 is 1.08 bits per heavy atom. The van der Waals surface area contributed by atoms with Crippen LogP contribution >= 0.6 is 0 Å². The highest BCUT2D eigenvalue weighted by atomic mass is 16.5. The molecule has 0 spiro atoms. The molecule has 2 heterocycles. The molecule has 4 rings (SSSR count). The van der Waals surface area contributed by atoms with E-state index in [1.807, 2.05) is 32.0 Å². The van der Waals surface area contributed by atoms with E-state index in [-0.39, 0.29) is 11.4 Å².